The summed E-state index contributed by atoms with van der Waals surface area (Å²) in [6.07, 6.45) is 0.916. The van der Waals surface area contributed by atoms with Crippen LogP contribution < -0.4 is 10.2 Å². The SMILES string of the molecule is COC(=O)C1=C(C(=O)OC)N(c2cccc3c2CNCC3)COC1. The maximum atomic E-state index is 12.3. The van der Waals surface area contributed by atoms with Gasteiger partial charge in [0.15, 0.2) is 0 Å². The molecule has 0 fully saturated rings. The molecule has 0 saturated heterocycles. The van der Waals surface area contributed by atoms with E-state index in [1.165, 1.54) is 19.8 Å². The van der Waals surface area contributed by atoms with Gasteiger partial charge in [0.25, 0.3) is 0 Å². The molecule has 1 N–H and O–H groups in total. The molecule has 0 bridgehead atoms. The highest BCUT2D eigenvalue weighted by Crippen LogP contribution is 2.32. The molecule has 0 unspecified atom stereocenters. The first-order valence-electron chi connectivity index (χ1n) is 7.74. The van der Waals surface area contributed by atoms with E-state index in [1.54, 1.807) is 4.90 Å². The summed E-state index contributed by atoms with van der Waals surface area (Å²) in [6, 6.07) is 5.94. The zero-order valence-corrected chi connectivity index (χ0v) is 13.8. The van der Waals surface area contributed by atoms with Crippen molar-refractivity contribution in [3.63, 3.8) is 0 Å². The zero-order valence-electron chi connectivity index (χ0n) is 13.8. The van der Waals surface area contributed by atoms with E-state index in [-0.39, 0.29) is 24.6 Å². The van der Waals surface area contributed by atoms with E-state index >= 15 is 0 Å². The fourth-order valence-corrected chi connectivity index (χ4v) is 3.08. The number of ether oxygens (including phenoxy) is 3. The summed E-state index contributed by atoms with van der Waals surface area (Å²) in [5, 5.41) is 3.33. The second-order valence-electron chi connectivity index (χ2n) is 5.56. The molecule has 128 valence electrons. The number of hydrogen-bond donors (Lipinski definition) is 1. The number of carbonyl (C=O) groups is 2. The van der Waals surface area contributed by atoms with Crippen LogP contribution in [0.15, 0.2) is 29.5 Å². The van der Waals surface area contributed by atoms with Crippen LogP contribution in [0.1, 0.15) is 11.1 Å². The fraction of sp³-hybridized carbons (Fsp3) is 0.412. The summed E-state index contributed by atoms with van der Waals surface area (Å²) in [4.78, 5) is 26.1. The molecule has 0 saturated carbocycles. The van der Waals surface area contributed by atoms with Crippen molar-refractivity contribution in [3.05, 3.63) is 40.6 Å². The van der Waals surface area contributed by atoms with Gasteiger partial charge in [0.2, 0.25) is 0 Å². The third kappa shape index (κ3) is 2.88. The smallest absolute Gasteiger partial charge is 0.355 e. The summed E-state index contributed by atoms with van der Waals surface area (Å²) < 4.78 is 15.2. The zero-order chi connectivity index (χ0) is 17.1. The third-order valence-electron chi connectivity index (χ3n) is 4.25. The molecular weight excluding hydrogens is 312 g/mol. The number of carbonyl (C=O) groups excluding carboxylic acids is 2. The quantitative estimate of drug-likeness (QED) is 0.818. The van der Waals surface area contributed by atoms with E-state index in [1.807, 2.05) is 12.1 Å². The Balaban J connectivity index is 2.12. The van der Waals surface area contributed by atoms with Gasteiger partial charge in [-0.05, 0) is 30.2 Å². The summed E-state index contributed by atoms with van der Waals surface area (Å²) in [6.45, 7) is 1.80. The normalized spacial score (nSPS) is 17.3. The number of benzene rings is 1. The number of nitrogens with zero attached hydrogens (tertiary/aromatic N) is 1. The molecule has 1 aromatic rings. The van der Waals surface area contributed by atoms with Crippen LogP contribution in [0.2, 0.25) is 0 Å². The Morgan fingerprint density at radius 1 is 1.21 bits per heavy atom. The Labute approximate surface area is 140 Å². The van der Waals surface area contributed by atoms with E-state index in [9.17, 15) is 9.59 Å². The van der Waals surface area contributed by atoms with Crippen molar-refractivity contribution in [3.8, 4) is 0 Å². The van der Waals surface area contributed by atoms with Gasteiger partial charge in [-0.15, -0.1) is 0 Å². The van der Waals surface area contributed by atoms with Crippen LogP contribution in [0, 0.1) is 0 Å². The highest BCUT2D eigenvalue weighted by molar-refractivity contribution is 6.03. The number of esters is 2. The van der Waals surface area contributed by atoms with Gasteiger partial charge in [0.1, 0.15) is 12.4 Å². The molecule has 24 heavy (non-hydrogen) atoms. The standard InChI is InChI=1S/C17H20N2O5/c1-22-16(20)13-9-24-10-19(15(13)17(21)23-2)14-5-3-4-11-6-7-18-8-12(11)14/h3-5,18H,6-10H2,1-2H3. The lowest BCUT2D eigenvalue weighted by molar-refractivity contribution is -0.140. The minimum atomic E-state index is -0.594. The first-order chi connectivity index (χ1) is 11.7. The van der Waals surface area contributed by atoms with Gasteiger partial charge in [0.05, 0.1) is 26.4 Å². The molecule has 0 aromatic heterocycles. The van der Waals surface area contributed by atoms with Crippen molar-refractivity contribution in [1.29, 1.82) is 0 Å². The van der Waals surface area contributed by atoms with Gasteiger partial charge in [-0.2, -0.15) is 0 Å². The molecule has 7 heteroatoms. The molecule has 2 aliphatic rings. The van der Waals surface area contributed by atoms with E-state index in [0.29, 0.717) is 6.54 Å². The Hall–Kier alpha value is -2.38. The highest BCUT2D eigenvalue weighted by atomic mass is 16.5. The van der Waals surface area contributed by atoms with Crippen LogP contribution in [0.25, 0.3) is 0 Å². The lowest BCUT2D eigenvalue weighted by Crippen LogP contribution is -2.40. The monoisotopic (exact) mass is 332 g/mol. The van der Waals surface area contributed by atoms with Crippen molar-refractivity contribution in [2.45, 2.75) is 13.0 Å². The molecule has 0 aliphatic carbocycles. The highest BCUT2D eigenvalue weighted by Gasteiger charge is 2.33. The van der Waals surface area contributed by atoms with E-state index in [2.05, 4.69) is 11.4 Å². The lowest BCUT2D eigenvalue weighted by atomic mass is 9.98. The molecule has 3 rings (SSSR count). The van der Waals surface area contributed by atoms with Gasteiger partial charge >= 0.3 is 11.9 Å². The van der Waals surface area contributed by atoms with Gasteiger partial charge in [0, 0.05) is 12.2 Å². The number of rotatable bonds is 3. The molecule has 1 aromatic carbocycles. The average molecular weight is 332 g/mol. The van der Waals surface area contributed by atoms with Gasteiger partial charge in [-0.1, -0.05) is 12.1 Å². The number of hydrogen-bond acceptors (Lipinski definition) is 7. The Kier molecular flexibility index (Phi) is 4.82. The van der Waals surface area contributed by atoms with Crippen LogP contribution in [0.3, 0.4) is 0 Å². The van der Waals surface area contributed by atoms with E-state index < -0.39 is 11.9 Å². The molecule has 2 aliphatic heterocycles. The summed E-state index contributed by atoms with van der Waals surface area (Å²) in [5.41, 5.74) is 3.49. The molecule has 0 radical (unpaired) electrons. The van der Waals surface area contributed by atoms with Crippen molar-refractivity contribution >= 4 is 17.6 Å². The number of nitrogens with one attached hydrogen (secondary N) is 1. The van der Waals surface area contributed by atoms with Crippen LogP contribution >= 0.6 is 0 Å². The van der Waals surface area contributed by atoms with Gasteiger partial charge in [-0.3, -0.25) is 0 Å². The largest absolute Gasteiger partial charge is 0.466 e. The molecule has 7 nitrogen and oxygen atoms in total. The number of fused-ring (bicyclic) bond motifs is 1. The maximum absolute atomic E-state index is 12.3. The molecule has 2 heterocycles. The van der Waals surface area contributed by atoms with Crippen LogP contribution in [-0.4, -0.2) is 46.0 Å². The second-order valence-corrected chi connectivity index (χ2v) is 5.56. The summed E-state index contributed by atoms with van der Waals surface area (Å²) in [7, 11) is 2.57. The van der Waals surface area contributed by atoms with E-state index in [4.69, 9.17) is 14.2 Å². The van der Waals surface area contributed by atoms with Crippen LogP contribution in [0.4, 0.5) is 5.69 Å². The first kappa shape index (κ1) is 16.5. The molecular formula is C17H20N2O5. The average Bonchev–Trinajstić information content (AvgIpc) is 2.65. The van der Waals surface area contributed by atoms with Gasteiger partial charge in [-0.25, -0.2) is 9.59 Å². The van der Waals surface area contributed by atoms with Crippen molar-refractivity contribution in [1.82, 2.24) is 5.32 Å². The van der Waals surface area contributed by atoms with Gasteiger partial charge < -0.3 is 24.4 Å². The number of anilines is 1. The summed E-state index contributed by atoms with van der Waals surface area (Å²) in [5.74, 6) is -1.18. The van der Waals surface area contributed by atoms with Crippen molar-refractivity contribution < 1.29 is 23.8 Å². The minimum absolute atomic E-state index is 0.0148. The predicted molar refractivity (Wildman–Crippen MR) is 86.2 cm³/mol. The van der Waals surface area contributed by atoms with E-state index in [0.717, 1.165) is 24.2 Å². The first-order valence-corrected chi connectivity index (χ1v) is 7.74. The van der Waals surface area contributed by atoms with Crippen LogP contribution in [0.5, 0.6) is 0 Å². The third-order valence-corrected chi connectivity index (χ3v) is 4.25. The topological polar surface area (TPSA) is 77.1 Å². The van der Waals surface area contributed by atoms with Crippen molar-refractivity contribution in [2.24, 2.45) is 0 Å². The Bertz CT molecular complexity index is 698. The maximum Gasteiger partial charge on any atom is 0.355 e. The van der Waals surface area contributed by atoms with Crippen molar-refractivity contribution in [2.75, 3.05) is 39.0 Å². The number of methoxy groups -OCH3 is 2. The predicted octanol–water partition coefficient (Wildman–Crippen LogP) is 0.726. The summed E-state index contributed by atoms with van der Waals surface area (Å²) >= 11 is 0. The molecule has 0 spiro atoms. The second kappa shape index (κ2) is 7.02. The molecule has 0 amide bonds. The Morgan fingerprint density at radius 3 is 2.75 bits per heavy atom. The Morgan fingerprint density at radius 2 is 2.00 bits per heavy atom. The van der Waals surface area contributed by atoms with Crippen LogP contribution in [-0.2, 0) is 36.8 Å². The molecule has 0 atom stereocenters. The minimum Gasteiger partial charge on any atom is -0.466 e. The lowest BCUT2D eigenvalue weighted by Gasteiger charge is -2.34. The fourth-order valence-electron chi connectivity index (χ4n) is 3.08.